The van der Waals surface area contributed by atoms with Gasteiger partial charge < -0.3 is 10.5 Å². The maximum absolute atomic E-state index is 6.13. The fourth-order valence-corrected chi connectivity index (χ4v) is 2.25. The van der Waals surface area contributed by atoms with Crippen molar-refractivity contribution in [1.29, 1.82) is 0 Å². The van der Waals surface area contributed by atoms with Gasteiger partial charge in [-0.05, 0) is 23.6 Å². The zero-order valence-electron chi connectivity index (χ0n) is 10.1. The molecule has 2 N–H and O–H groups in total. The van der Waals surface area contributed by atoms with Crippen molar-refractivity contribution in [1.82, 2.24) is 0 Å². The minimum atomic E-state index is 0.500. The first-order valence-electron chi connectivity index (χ1n) is 5.95. The summed E-state index contributed by atoms with van der Waals surface area (Å²) in [7, 11) is 0. The lowest BCUT2D eigenvalue weighted by molar-refractivity contribution is 0.491. The Morgan fingerprint density at radius 3 is 2.42 bits per heavy atom. The third kappa shape index (κ3) is 2.23. The number of hydrogen-bond acceptors (Lipinski definition) is 2. The maximum atomic E-state index is 6.13. The summed E-state index contributed by atoms with van der Waals surface area (Å²) in [6, 6.07) is 19.3. The molecule has 0 heterocycles. The van der Waals surface area contributed by atoms with E-state index in [1.807, 2.05) is 42.5 Å². The summed E-state index contributed by atoms with van der Waals surface area (Å²) in [6.07, 6.45) is 0. The van der Waals surface area contributed by atoms with Gasteiger partial charge in [-0.15, -0.1) is 0 Å². The van der Waals surface area contributed by atoms with Crippen LogP contribution in [0.15, 0.2) is 60.7 Å². The maximum Gasteiger partial charge on any atom is 0.168 e. The van der Waals surface area contributed by atoms with E-state index in [0.29, 0.717) is 16.5 Å². The SMILES string of the molecule is Nc1cccc(Cl)c1Oc1cccc2ccccc12. The average molecular weight is 270 g/mol. The molecule has 0 saturated heterocycles. The summed E-state index contributed by atoms with van der Waals surface area (Å²) in [5.74, 6) is 1.25. The highest BCUT2D eigenvalue weighted by Crippen LogP contribution is 2.37. The topological polar surface area (TPSA) is 35.2 Å². The quantitative estimate of drug-likeness (QED) is 0.674. The van der Waals surface area contributed by atoms with Crippen molar-refractivity contribution in [2.45, 2.75) is 0 Å². The number of fused-ring (bicyclic) bond motifs is 1. The number of nitrogen functional groups attached to an aromatic ring is 1. The molecule has 0 bridgehead atoms. The zero-order chi connectivity index (χ0) is 13.2. The van der Waals surface area contributed by atoms with E-state index in [9.17, 15) is 0 Å². The molecular formula is C16H12ClNO. The lowest BCUT2D eigenvalue weighted by atomic mass is 10.1. The van der Waals surface area contributed by atoms with Gasteiger partial charge in [-0.3, -0.25) is 0 Å². The molecule has 0 aliphatic carbocycles. The van der Waals surface area contributed by atoms with Gasteiger partial charge in [0.25, 0.3) is 0 Å². The molecular weight excluding hydrogens is 258 g/mol. The summed E-state index contributed by atoms with van der Waals surface area (Å²) in [5, 5.41) is 2.66. The lowest BCUT2D eigenvalue weighted by Gasteiger charge is -2.12. The van der Waals surface area contributed by atoms with Crippen molar-refractivity contribution < 1.29 is 4.74 Å². The molecule has 94 valence electrons. The molecule has 0 aromatic heterocycles. The van der Waals surface area contributed by atoms with Crippen LogP contribution in [0.5, 0.6) is 11.5 Å². The van der Waals surface area contributed by atoms with E-state index in [2.05, 4.69) is 0 Å². The monoisotopic (exact) mass is 269 g/mol. The van der Waals surface area contributed by atoms with Crippen molar-refractivity contribution in [3.63, 3.8) is 0 Å². The van der Waals surface area contributed by atoms with Crippen LogP contribution in [-0.4, -0.2) is 0 Å². The van der Waals surface area contributed by atoms with Gasteiger partial charge in [0.1, 0.15) is 5.75 Å². The molecule has 0 amide bonds. The number of halogens is 1. The Morgan fingerprint density at radius 1 is 0.842 bits per heavy atom. The van der Waals surface area contributed by atoms with Gasteiger partial charge in [0, 0.05) is 5.39 Å². The Hall–Kier alpha value is -2.19. The average Bonchev–Trinajstić information content (AvgIpc) is 2.43. The Kier molecular flexibility index (Phi) is 3.02. The summed E-state index contributed by atoms with van der Waals surface area (Å²) in [6.45, 7) is 0. The number of hydrogen-bond donors (Lipinski definition) is 1. The third-order valence-electron chi connectivity index (χ3n) is 2.96. The molecule has 0 saturated carbocycles. The van der Waals surface area contributed by atoms with E-state index in [-0.39, 0.29) is 0 Å². The molecule has 0 fully saturated rings. The Labute approximate surface area is 116 Å². The smallest absolute Gasteiger partial charge is 0.168 e. The highest BCUT2D eigenvalue weighted by Gasteiger charge is 2.09. The van der Waals surface area contributed by atoms with Gasteiger partial charge in [0.2, 0.25) is 0 Å². The van der Waals surface area contributed by atoms with Crippen molar-refractivity contribution >= 4 is 28.1 Å². The summed E-state index contributed by atoms with van der Waals surface area (Å²) in [5.41, 5.74) is 6.43. The highest BCUT2D eigenvalue weighted by atomic mass is 35.5. The van der Waals surface area contributed by atoms with Gasteiger partial charge in [-0.25, -0.2) is 0 Å². The fraction of sp³-hybridized carbons (Fsp3) is 0. The molecule has 0 aliphatic heterocycles. The summed E-state index contributed by atoms with van der Waals surface area (Å²) >= 11 is 6.13. The molecule has 0 unspecified atom stereocenters. The first-order valence-corrected chi connectivity index (χ1v) is 6.33. The van der Waals surface area contributed by atoms with Crippen LogP contribution in [0.4, 0.5) is 5.69 Å². The number of ether oxygens (including phenoxy) is 1. The molecule has 0 atom stereocenters. The first-order chi connectivity index (χ1) is 9.25. The molecule has 0 spiro atoms. The van der Waals surface area contributed by atoms with Gasteiger partial charge in [0.05, 0.1) is 10.7 Å². The van der Waals surface area contributed by atoms with Crippen LogP contribution in [0.2, 0.25) is 5.02 Å². The molecule has 0 radical (unpaired) electrons. The second kappa shape index (κ2) is 4.82. The molecule has 3 rings (SSSR count). The predicted octanol–water partition coefficient (Wildman–Crippen LogP) is 4.87. The van der Waals surface area contributed by atoms with E-state index < -0.39 is 0 Å². The Morgan fingerprint density at radius 2 is 1.58 bits per heavy atom. The van der Waals surface area contributed by atoms with Gasteiger partial charge in [0.15, 0.2) is 5.75 Å². The molecule has 3 heteroatoms. The highest BCUT2D eigenvalue weighted by molar-refractivity contribution is 6.32. The van der Waals surface area contributed by atoms with Crippen molar-refractivity contribution in [3.8, 4) is 11.5 Å². The molecule has 2 nitrogen and oxygen atoms in total. The number of rotatable bonds is 2. The van der Waals surface area contributed by atoms with Crippen LogP contribution in [0.1, 0.15) is 0 Å². The molecule has 0 aliphatic rings. The Bertz CT molecular complexity index is 714. The summed E-state index contributed by atoms with van der Waals surface area (Å²) < 4.78 is 5.90. The minimum absolute atomic E-state index is 0.500. The normalized spacial score (nSPS) is 10.6. The standard InChI is InChI=1S/C16H12ClNO/c17-13-8-4-9-14(18)16(13)19-15-10-3-6-11-5-1-2-7-12(11)15/h1-10H,18H2. The fourth-order valence-electron chi connectivity index (χ4n) is 2.03. The van der Waals surface area contributed by atoms with E-state index in [1.165, 1.54) is 0 Å². The van der Waals surface area contributed by atoms with Gasteiger partial charge in [-0.2, -0.15) is 0 Å². The van der Waals surface area contributed by atoms with Crippen LogP contribution in [0.3, 0.4) is 0 Å². The van der Waals surface area contributed by atoms with Crippen molar-refractivity contribution in [3.05, 3.63) is 65.7 Å². The largest absolute Gasteiger partial charge is 0.453 e. The van der Waals surface area contributed by atoms with Crippen molar-refractivity contribution in [2.75, 3.05) is 5.73 Å². The van der Waals surface area contributed by atoms with Gasteiger partial charge >= 0.3 is 0 Å². The minimum Gasteiger partial charge on any atom is -0.453 e. The lowest BCUT2D eigenvalue weighted by Crippen LogP contribution is -1.93. The molecule has 3 aromatic carbocycles. The van der Waals surface area contributed by atoms with Gasteiger partial charge in [-0.1, -0.05) is 54.1 Å². The van der Waals surface area contributed by atoms with Crippen LogP contribution in [-0.2, 0) is 0 Å². The number of para-hydroxylation sites is 1. The zero-order valence-corrected chi connectivity index (χ0v) is 10.9. The first kappa shape index (κ1) is 11.9. The second-order valence-corrected chi connectivity index (χ2v) is 4.64. The van der Waals surface area contributed by atoms with Crippen LogP contribution < -0.4 is 10.5 Å². The van der Waals surface area contributed by atoms with Crippen LogP contribution in [0.25, 0.3) is 10.8 Å². The summed E-state index contributed by atoms with van der Waals surface area (Å²) in [4.78, 5) is 0. The van der Waals surface area contributed by atoms with E-state index >= 15 is 0 Å². The third-order valence-corrected chi connectivity index (χ3v) is 3.26. The number of nitrogens with two attached hydrogens (primary N) is 1. The predicted molar refractivity (Wildman–Crippen MR) is 79.9 cm³/mol. The number of benzene rings is 3. The Balaban J connectivity index is 2.11. The van der Waals surface area contributed by atoms with E-state index in [4.69, 9.17) is 22.1 Å². The molecule has 3 aromatic rings. The van der Waals surface area contributed by atoms with Crippen molar-refractivity contribution in [2.24, 2.45) is 0 Å². The van der Waals surface area contributed by atoms with Crippen LogP contribution in [0, 0.1) is 0 Å². The van der Waals surface area contributed by atoms with E-state index in [1.54, 1.807) is 18.2 Å². The van der Waals surface area contributed by atoms with Crippen LogP contribution >= 0.6 is 11.6 Å². The number of anilines is 1. The second-order valence-electron chi connectivity index (χ2n) is 4.24. The molecule has 19 heavy (non-hydrogen) atoms. The van der Waals surface area contributed by atoms with E-state index in [0.717, 1.165) is 16.5 Å².